The highest BCUT2D eigenvalue weighted by atomic mass is 35.5. The number of carbonyl (C=O) groups is 3. The lowest BCUT2D eigenvalue weighted by Crippen LogP contribution is -2.53. The zero-order valence-electron chi connectivity index (χ0n) is 9.14. The molecule has 1 saturated heterocycles. The van der Waals surface area contributed by atoms with Crippen molar-refractivity contribution < 1.29 is 14.4 Å². The highest BCUT2D eigenvalue weighted by molar-refractivity contribution is 7.80. The number of imide groups is 1. The Hall–Kier alpha value is -1.53. The fourth-order valence-corrected chi connectivity index (χ4v) is 2.03. The molecule has 3 amide bonds. The summed E-state index contributed by atoms with van der Waals surface area (Å²) in [5.41, 5.74) is 0.228. The van der Waals surface area contributed by atoms with Gasteiger partial charge in [-0.25, -0.2) is 0 Å². The van der Waals surface area contributed by atoms with Crippen molar-refractivity contribution >= 4 is 42.0 Å². The van der Waals surface area contributed by atoms with Gasteiger partial charge in [0.05, 0.1) is 10.6 Å². The first-order valence-corrected chi connectivity index (χ1v) is 5.90. The average Bonchev–Trinajstić information content (AvgIpc) is 2.30. The topological polar surface area (TPSA) is 66.5 Å². The molecular formula is C11H9ClN2O3S. The van der Waals surface area contributed by atoms with Gasteiger partial charge in [0.15, 0.2) is 0 Å². The summed E-state index contributed by atoms with van der Waals surface area (Å²) in [4.78, 5) is 36.3. The fraction of sp³-hybridized carbons (Fsp3) is 0.182. The van der Waals surface area contributed by atoms with Gasteiger partial charge in [-0.15, -0.1) is 12.6 Å². The minimum absolute atomic E-state index is 0.155. The molecule has 0 unspecified atom stereocenters. The molecule has 1 aromatic carbocycles. The van der Waals surface area contributed by atoms with Crippen LogP contribution in [0, 0.1) is 0 Å². The van der Waals surface area contributed by atoms with E-state index in [0.717, 1.165) is 4.90 Å². The Labute approximate surface area is 114 Å². The van der Waals surface area contributed by atoms with Crippen molar-refractivity contribution in [2.75, 3.05) is 13.1 Å². The zero-order chi connectivity index (χ0) is 13.3. The van der Waals surface area contributed by atoms with Crippen LogP contribution >= 0.6 is 24.2 Å². The highest BCUT2D eigenvalue weighted by Gasteiger charge is 2.28. The largest absolute Gasteiger partial charge is 0.320 e. The summed E-state index contributed by atoms with van der Waals surface area (Å²) in [6, 6.07) is 4.70. The second kappa shape index (κ2) is 4.99. The summed E-state index contributed by atoms with van der Waals surface area (Å²) in [7, 11) is 0. The number of thiol groups is 1. The molecule has 0 bridgehead atoms. The minimum atomic E-state index is -0.502. The number of nitrogens with one attached hydrogen (secondary N) is 1. The van der Waals surface area contributed by atoms with Crippen LogP contribution in [-0.2, 0) is 9.59 Å². The predicted molar refractivity (Wildman–Crippen MR) is 67.8 cm³/mol. The Morgan fingerprint density at radius 3 is 2.50 bits per heavy atom. The van der Waals surface area contributed by atoms with Crippen molar-refractivity contribution in [3.63, 3.8) is 0 Å². The van der Waals surface area contributed by atoms with Gasteiger partial charge in [-0.05, 0) is 18.2 Å². The Morgan fingerprint density at radius 1 is 1.28 bits per heavy atom. The third kappa shape index (κ3) is 2.65. The van der Waals surface area contributed by atoms with E-state index in [2.05, 4.69) is 17.9 Å². The summed E-state index contributed by atoms with van der Waals surface area (Å²) < 4.78 is 0. The molecule has 1 aliphatic heterocycles. The van der Waals surface area contributed by atoms with Crippen LogP contribution in [-0.4, -0.2) is 35.7 Å². The van der Waals surface area contributed by atoms with Crippen LogP contribution in [0.15, 0.2) is 23.1 Å². The number of carbonyl (C=O) groups excluding carboxylic acids is 3. The Kier molecular flexibility index (Phi) is 3.58. The number of rotatable bonds is 1. The van der Waals surface area contributed by atoms with E-state index in [1.807, 2.05) is 0 Å². The molecule has 1 heterocycles. The molecule has 18 heavy (non-hydrogen) atoms. The molecule has 2 rings (SSSR count). The van der Waals surface area contributed by atoms with Crippen molar-refractivity contribution in [1.29, 1.82) is 0 Å². The van der Waals surface area contributed by atoms with Gasteiger partial charge in [0.2, 0.25) is 11.8 Å². The molecule has 94 valence electrons. The van der Waals surface area contributed by atoms with Crippen LogP contribution in [0.5, 0.6) is 0 Å². The summed E-state index contributed by atoms with van der Waals surface area (Å²) in [6.07, 6.45) is 0. The van der Waals surface area contributed by atoms with Crippen LogP contribution < -0.4 is 5.32 Å². The first-order valence-electron chi connectivity index (χ1n) is 5.08. The van der Waals surface area contributed by atoms with E-state index in [0.29, 0.717) is 4.90 Å². The summed E-state index contributed by atoms with van der Waals surface area (Å²) in [6.45, 7) is -0.310. The molecule has 1 N–H and O–H groups in total. The number of amides is 3. The van der Waals surface area contributed by atoms with Crippen molar-refractivity contribution in [3.05, 3.63) is 28.8 Å². The van der Waals surface area contributed by atoms with E-state index in [1.54, 1.807) is 12.1 Å². The molecule has 0 spiro atoms. The minimum Gasteiger partial charge on any atom is -0.320 e. The number of halogens is 1. The van der Waals surface area contributed by atoms with Gasteiger partial charge >= 0.3 is 0 Å². The molecular weight excluding hydrogens is 276 g/mol. The maximum absolute atomic E-state index is 12.1. The molecule has 7 heteroatoms. The smallest absolute Gasteiger partial charge is 0.256 e. The lowest BCUT2D eigenvalue weighted by atomic mass is 10.2. The molecule has 0 aliphatic carbocycles. The maximum Gasteiger partial charge on any atom is 0.256 e. The van der Waals surface area contributed by atoms with Crippen molar-refractivity contribution in [2.24, 2.45) is 0 Å². The lowest BCUT2D eigenvalue weighted by Gasteiger charge is -2.25. The Balaban J connectivity index is 2.28. The Morgan fingerprint density at radius 2 is 1.89 bits per heavy atom. The Bertz CT molecular complexity index is 531. The number of nitrogens with zero attached hydrogens (tertiary/aromatic N) is 1. The first-order chi connectivity index (χ1) is 8.47. The van der Waals surface area contributed by atoms with Crippen molar-refractivity contribution in [2.45, 2.75) is 4.90 Å². The number of benzene rings is 1. The number of hydrogen-bond donors (Lipinski definition) is 2. The van der Waals surface area contributed by atoms with Crippen molar-refractivity contribution in [3.8, 4) is 0 Å². The fourth-order valence-electron chi connectivity index (χ4n) is 1.63. The molecule has 0 saturated carbocycles. The van der Waals surface area contributed by atoms with Crippen LogP contribution in [0.1, 0.15) is 10.4 Å². The normalized spacial score (nSPS) is 15.6. The molecule has 1 aromatic rings. The van der Waals surface area contributed by atoms with Gasteiger partial charge < -0.3 is 4.90 Å². The van der Waals surface area contributed by atoms with Gasteiger partial charge in [0.1, 0.15) is 13.1 Å². The standard InChI is InChI=1S/C11H9ClN2O3S/c12-8-2-1-6(18)3-7(8)11(17)14-4-9(15)13-10(16)5-14/h1-3,18H,4-5H2,(H,13,15,16). The van der Waals surface area contributed by atoms with Gasteiger partial charge in [-0.2, -0.15) is 0 Å². The van der Waals surface area contributed by atoms with Gasteiger partial charge in [0, 0.05) is 4.90 Å². The average molecular weight is 285 g/mol. The summed E-state index contributed by atoms with van der Waals surface area (Å²) >= 11 is 10.0. The molecule has 1 aliphatic rings. The number of hydrogen-bond acceptors (Lipinski definition) is 4. The number of piperazine rings is 1. The van der Waals surface area contributed by atoms with Crippen LogP contribution in [0.4, 0.5) is 0 Å². The van der Waals surface area contributed by atoms with Gasteiger partial charge in [-0.1, -0.05) is 11.6 Å². The zero-order valence-corrected chi connectivity index (χ0v) is 10.8. The van der Waals surface area contributed by atoms with Crippen LogP contribution in [0.25, 0.3) is 0 Å². The molecule has 0 aromatic heterocycles. The first kappa shape index (κ1) is 12.9. The van der Waals surface area contributed by atoms with Crippen LogP contribution in [0.2, 0.25) is 5.02 Å². The van der Waals surface area contributed by atoms with Crippen LogP contribution in [0.3, 0.4) is 0 Å². The monoisotopic (exact) mass is 284 g/mol. The van der Waals surface area contributed by atoms with Gasteiger partial charge in [-0.3, -0.25) is 19.7 Å². The van der Waals surface area contributed by atoms with E-state index >= 15 is 0 Å². The maximum atomic E-state index is 12.1. The van der Waals surface area contributed by atoms with E-state index in [9.17, 15) is 14.4 Å². The summed E-state index contributed by atoms with van der Waals surface area (Å²) in [5, 5.41) is 2.38. The van der Waals surface area contributed by atoms with E-state index in [4.69, 9.17) is 11.6 Å². The highest BCUT2D eigenvalue weighted by Crippen LogP contribution is 2.21. The van der Waals surface area contributed by atoms with E-state index < -0.39 is 17.7 Å². The third-order valence-electron chi connectivity index (χ3n) is 2.42. The van der Waals surface area contributed by atoms with Gasteiger partial charge in [0.25, 0.3) is 5.91 Å². The third-order valence-corrected chi connectivity index (χ3v) is 3.02. The summed E-state index contributed by atoms with van der Waals surface area (Å²) in [5.74, 6) is -1.46. The van der Waals surface area contributed by atoms with E-state index in [-0.39, 0.29) is 23.7 Å². The lowest BCUT2D eigenvalue weighted by molar-refractivity contribution is -0.135. The second-order valence-electron chi connectivity index (χ2n) is 3.80. The quantitative estimate of drug-likeness (QED) is 0.590. The SMILES string of the molecule is O=C1CN(C(=O)c2cc(S)ccc2Cl)CC(=O)N1. The van der Waals surface area contributed by atoms with E-state index in [1.165, 1.54) is 6.07 Å². The molecule has 5 nitrogen and oxygen atoms in total. The van der Waals surface area contributed by atoms with Crippen molar-refractivity contribution in [1.82, 2.24) is 10.2 Å². The molecule has 1 fully saturated rings. The molecule has 0 radical (unpaired) electrons. The second-order valence-corrected chi connectivity index (χ2v) is 4.72. The molecule has 0 atom stereocenters. The predicted octanol–water partition coefficient (Wildman–Crippen LogP) is 0.727.